The van der Waals surface area contributed by atoms with Crippen molar-refractivity contribution in [1.29, 1.82) is 0 Å². The standard InChI is InChI=1S/C20H36O4S/c1-2-3-4-5-6-7-10-16-13-14-19(21)18(16)12-9-8-11-17(24-25)15-20(22)23/h7,10,16-19,21,25H,2-6,8-9,11-15H2,1H3,(H,22,23)/t16-,17?,18+,19-/m0/s1. The molecule has 0 saturated heterocycles. The van der Waals surface area contributed by atoms with Crippen LogP contribution in [0.5, 0.6) is 0 Å². The minimum absolute atomic E-state index is 0.00104. The van der Waals surface area contributed by atoms with E-state index in [1.807, 2.05) is 0 Å². The number of aliphatic carboxylic acids is 1. The van der Waals surface area contributed by atoms with Gasteiger partial charge in [-0.2, -0.15) is 0 Å². The number of allylic oxidation sites excluding steroid dienone is 2. The van der Waals surface area contributed by atoms with Gasteiger partial charge in [0.05, 0.1) is 18.6 Å². The van der Waals surface area contributed by atoms with Crippen molar-refractivity contribution in [2.45, 2.75) is 96.2 Å². The van der Waals surface area contributed by atoms with Gasteiger partial charge in [-0.1, -0.05) is 51.2 Å². The Morgan fingerprint density at radius 1 is 1.24 bits per heavy atom. The van der Waals surface area contributed by atoms with Crippen molar-refractivity contribution in [3.63, 3.8) is 0 Å². The molecule has 0 aromatic carbocycles. The molecule has 1 saturated carbocycles. The lowest BCUT2D eigenvalue weighted by atomic mass is 9.88. The molecule has 0 heterocycles. The van der Waals surface area contributed by atoms with Crippen LogP contribution in [0.4, 0.5) is 0 Å². The van der Waals surface area contributed by atoms with Crippen LogP contribution in [-0.4, -0.2) is 28.4 Å². The van der Waals surface area contributed by atoms with Gasteiger partial charge in [0, 0.05) is 0 Å². The molecule has 1 aliphatic rings. The number of unbranched alkanes of at least 4 members (excludes halogenated alkanes) is 5. The first-order chi connectivity index (χ1) is 12.1. The molecule has 1 rings (SSSR count). The first-order valence-electron chi connectivity index (χ1n) is 9.95. The third-order valence-corrected chi connectivity index (χ3v) is 5.61. The summed E-state index contributed by atoms with van der Waals surface area (Å²) in [7, 11) is 0. The van der Waals surface area contributed by atoms with Crippen LogP contribution in [0.25, 0.3) is 0 Å². The number of aliphatic hydroxyl groups excluding tert-OH is 1. The number of carbonyl (C=O) groups is 1. The lowest BCUT2D eigenvalue weighted by Crippen LogP contribution is -2.18. The zero-order valence-corrected chi connectivity index (χ0v) is 16.5. The van der Waals surface area contributed by atoms with Crippen molar-refractivity contribution in [1.82, 2.24) is 0 Å². The van der Waals surface area contributed by atoms with Gasteiger partial charge in [0.25, 0.3) is 0 Å². The smallest absolute Gasteiger partial charge is 0.306 e. The summed E-state index contributed by atoms with van der Waals surface area (Å²) < 4.78 is 4.92. The van der Waals surface area contributed by atoms with E-state index in [4.69, 9.17) is 9.29 Å². The molecule has 4 atom stereocenters. The Bertz CT molecular complexity index is 386. The second-order valence-corrected chi connectivity index (χ2v) is 7.57. The molecule has 0 bridgehead atoms. The van der Waals surface area contributed by atoms with E-state index in [-0.39, 0.29) is 18.6 Å². The molecule has 0 amide bonds. The van der Waals surface area contributed by atoms with Crippen LogP contribution < -0.4 is 0 Å². The number of carboxylic acid groups (broad SMARTS) is 1. The second kappa shape index (κ2) is 13.7. The normalized spacial score (nSPS) is 24.8. The number of rotatable bonds is 14. The second-order valence-electron chi connectivity index (χ2n) is 7.36. The lowest BCUT2D eigenvalue weighted by Gasteiger charge is -2.20. The van der Waals surface area contributed by atoms with Gasteiger partial charge in [-0.3, -0.25) is 4.79 Å². The molecule has 146 valence electrons. The summed E-state index contributed by atoms with van der Waals surface area (Å²) in [6.07, 6.45) is 16.0. The van der Waals surface area contributed by atoms with Crippen molar-refractivity contribution >= 4 is 18.9 Å². The third-order valence-electron chi connectivity index (χ3n) is 5.31. The van der Waals surface area contributed by atoms with Gasteiger partial charge in [0.1, 0.15) is 0 Å². The fraction of sp³-hybridized carbons (Fsp3) is 0.850. The molecule has 2 N–H and O–H groups in total. The molecule has 0 aliphatic heterocycles. The molecule has 25 heavy (non-hydrogen) atoms. The van der Waals surface area contributed by atoms with Gasteiger partial charge in [-0.05, 0) is 63.3 Å². The predicted octanol–water partition coefficient (Wildman–Crippen LogP) is 5.17. The van der Waals surface area contributed by atoms with Crippen LogP contribution in [0.2, 0.25) is 0 Å². The summed E-state index contributed by atoms with van der Waals surface area (Å²) in [5.74, 6) is -0.00624. The lowest BCUT2D eigenvalue weighted by molar-refractivity contribution is -0.138. The van der Waals surface area contributed by atoms with Crippen LogP contribution in [-0.2, 0) is 8.98 Å². The number of hydrogen-bond acceptors (Lipinski definition) is 4. The van der Waals surface area contributed by atoms with Crippen molar-refractivity contribution < 1.29 is 19.2 Å². The number of aliphatic hydroxyl groups is 1. The molecular weight excluding hydrogens is 336 g/mol. The Morgan fingerprint density at radius 2 is 2.04 bits per heavy atom. The molecule has 0 aromatic rings. The molecule has 4 nitrogen and oxygen atoms in total. The summed E-state index contributed by atoms with van der Waals surface area (Å²) in [6.45, 7) is 2.23. The van der Waals surface area contributed by atoms with Crippen molar-refractivity contribution in [2.75, 3.05) is 0 Å². The molecule has 0 radical (unpaired) electrons. The molecule has 5 heteroatoms. The number of thiol groups is 1. The molecule has 0 spiro atoms. The largest absolute Gasteiger partial charge is 0.481 e. The van der Waals surface area contributed by atoms with Crippen LogP contribution in [0.1, 0.15) is 84.0 Å². The minimum Gasteiger partial charge on any atom is -0.481 e. The Hall–Kier alpha value is -0.520. The van der Waals surface area contributed by atoms with Gasteiger partial charge in [0.15, 0.2) is 0 Å². The van der Waals surface area contributed by atoms with Gasteiger partial charge < -0.3 is 14.4 Å². The quantitative estimate of drug-likeness (QED) is 0.170. The summed E-state index contributed by atoms with van der Waals surface area (Å²) >= 11 is 3.76. The Labute approximate surface area is 158 Å². The van der Waals surface area contributed by atoms with Crippen LogP contribution in [0.15, 0.2) is 12.2 Å². The topological polar surface area (TPSA) is 66.8 Å². The monoisotopic (exact) mass is 372 g/mol. The highest BCUT2D eigenvalue weighted by Crippen LogP contribution is 2.37. The van der Waals surface area contributed by atoms with Crippen molar-refractivity contribution in [2.24, 2.45) is 11.8 Å². The van der Waals surface area contributed by atoms with E-state index in [1.54, 1.807) is 0 Å². The van der Waals surface area contributed by atoms with E-state index in [2.05, 4.69) is 32.0 Å². The number of carboxylic acids is 1. The zero-order valence-electron chi connectivity index (χ0n) is 15.6. The third kappa shape index (κ3) is 9.66. The highest BCUT2D eigenvalue weighted by Gasteiger charge is 2.32. The summed E-state index contributed by atoms with van der Waals surface area (Å²) in [4.78, 5) is 10.7. The van der Waals surface area contributed by atoms with Gasteiger partial charge >= 0.3 is 5.97 Å². The first kappa shape index (κ1) is 22.5. The maximum Gasteiger partial charge on any atom is 0.306 e. The van der Waals surface area contributed by atoms with E-state index >= 15 is 0 Å². The molecular formula is C20H36O4S. The van der Waals surface area contributed by atoms with E-state index in [0.717, 1.165) is 38.5 Å². The van der Waals surface area contributed by atoms with E-state index in [1.165, 1.54) is 25.7 Å². The zero-order chi connectivity index (χ0) is 18.5. The Balaban J connectivity index is 2.27. The average molecular weight is 373 g/mol. The SMILES string of the molecule is CCCCCCC=C[C@H]1CC[C@H](O)[C@@H]1CCCCC(CC(=O)O)OS. The minimum atomic E-state index is -0.852. The fourth-order valence-corrected chi connectivity index (χ4v) is 4.00. The van der Waals surface area contributed by atoms with Gasteiger partial charge in [0.2, 0.25) is 0 Å². The Kier molecular flexibility index (Phi) is 12.3. The summed E-state index contributed by atoms with van der Waals surface area (Å²) in [5, 5.41) is 19.1. The van der Waals surface area contributed by atoms with Crippen LogP contribution >= 0.6 is 12.9 Å². The van der Waals surface area contributed by atoms with E-state index in [0.29, 0.717) is 18.3 Å². The van der Waals surface area contributed by atoms with Crippen molar-refractivity contribution in [3.8, 4) is 0 Å². The molecule has 1 unspecified atom stereocenters. The predicted molar refractivity (Wildman–Crippen MR) is 105 cm³/mol. The summed E-state index contributed by atoms with van der Waals surface area (Å²) in [5.41, 5.74) is 0. The van der Waals surface area contributed by atoms with Gasteiger partial charge in [-0.15, -0.1) is 0 Å². The highest BCUT2D eigenvalue weighted by molar-refractivity contribution is 7.75. The number of hydrogen-bond donors (Lipinski definition) is 3. The maximum atomic E-state index is 10.7. The van der Waals surface area contributed by atoms with Crippen LogP contribution in [0, 0.1) is 11.8 Å². The first-order valence-corrected chi connectivity index (χ1v) is 10.3. The van der Waals surface area contributed by atoms with Crippen LogP contribution in [0.3, 0.4) is 0 Å². The molecule has 1 aliphatic carbocycles. The summed E-state index contributed by atoms with van der Waals surface area (Å²) in [6, 6.07) is 0. The Morgan fingerprint density at radius 3 is 2.72 bits per heavy atom. The fourth-order valence-electron chi connectivity index (χ4n) is 3.82. The highest BCUT2D eigenvalue weighted by atomic mass is 32.1. The van der Waals surface area contributed by atoms with E-state index in [9.17, 15) is 9.90 Å². The maximum absolute atomic E-state index is 10.7. The average Bonchev–Trinajstić information content (AvgIpc) is 2.93. The molecule has 1 fully saturated rings. The van der Waals surface area contributed by atoms with Gasteiger partial charge in [-0.25, -0.2) is 0 Å². The van der Waals surface area contributed by atoms with Crippen molar-refractivity contribution in [3.05, 3.63) is 12.2 Å². The van der Waals surface area contributed by atoms with E-state index < -0.39 is 5.97 Å². The molecule has 0 aromatic heterocycles.